The molecule has 0 radical (unpaired) electrons. The molecule has 0 aromatic carbocycles. The van der Waals surface area contributed by atoms with Crippen molar-refractivity contribution in [3.63, 3.8) is 0 Å². The lowest BCUT2D eigenvalue weighted by molar-refractivity contribution is -0.0762. The summed E-state index contributed by atoms with van der Waals surface area (Å²) in [5.41, 5.74) is 0.145. The Kier molecular flexibility index (Phi) is 9.54. The van der Waals surface area contributed by atoms with Gasteiger partial charge in [0.2, 0.25) is 0 Å². The highest BCUT2D eigenvalue weighted by atomic mass is 16.5. The number of nitrogens with one attached hydrogen (secondary N) is 1. The van der Waals surface area contributed by atoms with E-state index in [1.54, 1.807) is 0 Å². The maximum atomic E-state index is 6.38. The van der Waals surface area contributed by atoms with E-state index in [1.807, 2.05) is 0 Å². The third-order valence-corrected chi connectivity index (χ3v) is 4.72. The van der Waals surface area contributed by atoms with Crippen molar-refractivity contribution in [3.8, 4) is 0 Å². The molecule has 1 fully saturated rings. The van der Waals surface area contributed by atoms with Crippen LogP contribution in [0.2, 0.25) is 0 Å². The van der Waals surface area contributed by atoms with Crippen LogP contribution >= 0.6 is 0 Å². The molecule has 1 rings (SSSR count). The fraction of sp³-hybridized carbons (Fsp3) is 1.00. The number of rotatable bonds is 11. The van der Waals surface area contributed by atoms with Crippen LogP contribution in [-0.4, -0.2) is 25.3 Å². The standard InChI is InChI=1S/C18H37NO/c1-4-6-7-8-9-15-20-18(16-19-14-5-2)12-10-17(3)11-13-18/h17,19H,4-16H2,1-3H3. The van der Waals surface area contributed by atoms with Gasteiger partial charge in [-0.1, -0.05) is 46.5 Å². The molecule has 0 unspecified atom stereocenters. The van der Waals surface area contributed by atoms with E-state index >= 15 is 0 Å². The predicted molar refractivity (Wildman–Crippen MR) is 88.2 cm³/mol. The summed E-state index contributed by atoms with van der Waals surface area (Å²) in [4.78, 5) is 0. The Labute approximate surface area is 127 Å². The van der Waals surface area contributed by atoms with Gasteiger partial charge in [0.05, 0.1) is 5.60 Å². The second-order valence-corrected chi connectivity index (χ2v) is 6.80. The largest absolute Gasteiger partial charge is 0.374 e. The second-order valence-electron chi connectivity index (χ2n) is 6.80. The first kappa shape index (κ1) is 18.0. The zero-order valence-corrected chi connectivity index (χ0v) is 14.2. The van der Waals surface area contributed by atoms with Crippen LogP contribution in [-0.2, 0) is 4.74 Å². The van der Waals surface area contributed by atoms with Crippen molar-refractivity contribution in [2.45, 2.75) is 90.6 Å². The van der Waals surface area contributed by atoms with Crippen LogP contribution in [0.5, 0.6) is 0 Å². The van der Waals surface area contributed by atoms with Gasteiger partial charge in [0, 0.05) is 13.2 Å². The number of ether oxygens (including phenoxy) is 1. The molecule has 0 aromatic rings. The lowest BCUT2D eigenvalue weighted by atomic mass is 9.79. The second kappa shape index (κ2) is 10.6. The summed E-state index contributed by atoms with van der Waals surface area (Å²) < 4.78 is 6.38. The van der Waals surface area contributed by atoms with Gasteiger partial charge in [-0.05, 0) is 51.0 Å². The van der Waals surface area contributed by atoms with E-state index in [-0.39, 0.29) is 5.60 Å². The van der Waals surface area contributed by atoms with Crippen LogP contribution in [0.1, 0.15) is 85.0 Å². The highest BCUT2D eigenvalue weighted by Gasteiger charge is 2.34. The van der Waals surface area contributed by atoms with E-state index in [1.165, 1.54) is 64.2 Å². The molecule has 0 spiro atoms. The maximum absolute atomic E-state index is 6.38. The van der Waals surface area contributed by atoms with Crippen molar-refractivity contribution in [1.29, 1.82) is 0 Å². The van der Waals surface area contributed by atoms with Gasteiger partial charge in [-0.25, -0.2) is 0 Å². The van der Waals surface area contributed by atoms with Crippen LogP contribution in [0.3, 0.4) is 0 Å². The van der Waals surface area contributed by atoms with E-state index in [9.17, 15) is 0 Å². The lowest BCUT2D eigenvalue weighted by Crippen LogP contribution is -2.46. The molecule has 0 amide bonds. The highest BCUT2D eigenvalue weighted by molar-refractivity contribution is 4.88. The number of unbranched alkanes of at least 4 members (excludes halogenated alkanes) is 4. The molecule has 1 aliphatic rings. The van der Waals surface area contributed by atoms with Crippen molar-refractivity contribution >= 4 is 0 Å². The molecule has 0 aliphatic heterocycles. The van der Waals surface area contributed by atoms with Gasteiger partial charge in [0.1, 0.15) is 0 Å². The monoisotopic (exact) mass is 283 g/mol. The molecule has 0 heterocycles. The van der Waals surface area contributed by atoms with Gasteiger partial charge < -0.3 is 10.1 Å². The summed E-state index contributed by atoms with van der Waals surface area (Å²) in [7, 11) is 0. The number of hydrogen-bond donors (Lipinski definition) is 1. The van der Waals surface area contributed by atoms with Crippen molar-refractivity contribution in [1.82, 2.24) is 5.32 Å². The molecule has 2 nitrogen and oxygen atoms in total. The molecule has 2 heteroatoms. The summed E-state index contributed by atoms with van der Waals surface area (Å²) in [5.74, 6) is 0.891. The molecule has 0 bridgehead atoms. The first-order chi connectivity index (χ1) is 9.72. The Morgan fingerprint density at radius 1 is 1.00 bits per heavy atom. The summed E-state index contributed by atoms with van der Waals surface area (Å²) in [5, 5.41) is 3.60. The Morgan fingerprint density at radius 3 is 2.35 bits per heavy atom. The van der Waals surface area contributed by atoms with E-state index in [2.05, 4.69) is 26.1 Å². The average Bonchev–Trinajstić information content (AvgIpc) is 2.46. The normalized spacial score (nSPS) is 26.9. The van der Waals surface area contributed by atoms with Gasteiger partial charge in [-0.15, -0.1) is 0 Å². The molecule has 0 saturated heterocycles. The van der Waals surface area contributed by atoms with Gasteiger partial charge in [-0.2, -0.15) is 0 Å². The van der Waals surface area contributed by atoms with Crippen LogP contribution in [0.15, 0.2) is 0 Å². The first-order valence-electron chi connectivity index (χ1n) is 9.07. The Morgan fingerprint density at radius 2 is 1.70 bits per heavy atom. The van der Waals surface area contributed by atoms with E-state index < -0.39 is 0 Å². The third kappa shape index (κ3) is 7.08. The fourth-order valence-electron chi connectivity index (χ4n) is 3.15. The molecule has 120 valence electrons. The average molecular weight is 284 g/mol. The maximum Gasteiger partial charge on any atom is 0.0806 e. The smallest absolute Gasteiger partial charge is 0.0806 e. The topological polar surface area (TPSA) is 21.3 Å². The van der Waals surface area contributed by atoms with Crippen molar-refractivity contribution in [2.24, 2.45) is 5.92 Å². The summed E-state index contributed by atoms with van der Waals surface area (Å²) in [6.07, 6.45) is 13.0. The van der Waals surface area contributed by atoms with Crippen LogP contribution in [0.25, 0.3) is 0 Å². The van der Waals surface area contributed by atoms with E-state index in [0.29, 0.717) is 0 Å². The quantitative estimate of drug-likeness (QED) is 0.543. The van der Waals surface area contributed by atoms with Gasteiger partial charge in [0.15, 0.2) is 0 Å². The molecule has 0 aromatic heterocycles. The molecular weight excluding hydrogens is 246 g/mol. The molecule has 1 aliphatic carbocycles. The van der Waals surface area contributed by atoms with Crippen LogP contribution in [0, 0.1) is 5.92 Å². The lowest BCUT2D eigenvalue weighted by Gasteiger charge is -2.39. The molecule has 1 N–H and O–H groups in total. The summed E-state index contributed by atoms with van der Waals surface area (Å²) in [6.45, 7) is 10.0. The van der Waals surface area contributed by atoms with Gasteiger partial charge >= 0.3 is 0 Å². The summed E-state index contributed by atoms with van der Waals surface area (Å²) in [6, 6.07) is 0. The minimum atomic E-state index is 0.145. The molecule has 1 saturated carbocycles. The first-order valence-corrected chi connectivity index (χ1v) is 9.07. The summed E-state index contributed by atoms with van der Waals surface area (Å²) >= 11 is 0. The van der Waals surface area contributed by atoms with E-state index in [0.717, 1.165) is 25.6 Å². The Hall–Kier alpha value is -0.0800. The van der Waals surface area contributed by atoms with Gasteiger partial charge in [0.25, 0.3) is 0 Å². The Balaban J connectivity index is 2.27. The molecular formula is C18H37NO. The predicted octanol–water partition coefficient (Wildman–Crippen LogP) is 4.92. The van der Waals surface area contributed by atoms with Crippen LogP contribution < -0.4 is 5.32 Å². The highest BCUT2D eigenvalue weighted by Crippen LogP contribution is 2.34. The van der Waals surface area contributed by atoms with Gasteiger partial charge in [-0.3, -0.25) is 0 Å². The van der Waals surface area contributed by atoms with E-state index in [4.69, 9.17) is 4.74 Å². The van der Waals surface area contributed by atoms with Crippen molar-refractivity contribution in [2.75, 3.05) is 19.7 Å². The van der Waals surface area contributed by atoms with Crippen molar-refractivity contribution < 1.29 is 4.74 Å². The molecule has 20 heavy (non-hydrogen) atoms. The number of hydrogen-bond acceptors (Lipinski definition) is 2. The molecule has 0 atom stereocenters. The minimum absolute atomic E-state index is 0.145. The van der Waals surface area contributed by atoms with Crippen molar-refractivity contribution in [3.05, 3.63) is 0 Å². The zero-order chi connectivity index (χ0) is 14.7. The Bertz CT molecular complexity index is 221. The minimum Gasteiger partial charge on any atom is -0.374 e. The fourth-order valence-corrected chi connectivity index (χ4v) is 3.15. The third-order valence-electron chi connectivity index (χ3n) is 4.72. The van der Waals surface area contributed by atoms with Crippen LogP contribution in [0.4, 0.5) is 0 Å². The zero-order valence-electron chi connectivity index (χ0n) is 14.2. The SMILES string of the molecule is CCCCCCCOC1(CNCCC)CCC(C)CC1.